The molecule has 3 nitrogen and oxygen atoms in total. The second kappa shape index (κ2) is 7.04. The van der Waals surface area contributed by atoms with Gasteiger partial charge in [0.2, 0.25) is 0 Å². The van der Waals surface area contributed by atoms with Gasteiger partial charge in [0.15, 0.2) is 0 Å². The average molecular weight is 250 g/mol. The van der Waals surface area contributed by atoms with Gasteiger partial charge in [-0.2, -0.15) is 0 Å². The molecule has 0 aliphatic rings. The van der Waals surface area contributed by atoms with Crippen LogP contribution in [-0.2, 0) is 4.79 Å². The number of carbonyl (C=O) groups is 1. The van der Waals surface area contributed by atoms with Crippen LogP contribution in [0.2, 0.25) is 0 Å². The first-order valence-electron chi connectivity index (χ1n) is 6.53. The summed E-state index contributed by atoms with van der Waals surface area (Å²) in [7, 11) is 0. The summed E-state index contributed by atoms with van der Waals surface area (Å²) < 4.78 is 5.45. The minimum atomic E-state index is -0.735. The summed E-state index contributed by atoms with van der Waals surface area (Å²) >= 11 is 0. The van der Waals surface area contributed by atoms with Crippen molar-refractivity contribution >= 4 is 5.97 Å². The van der Waals surface area contributed by atoms with E-state index >= 15 is 0 Å². The van der Waals surface area contributed by atoms with Crippen LogP contribution in [0.3, 0.4) is 0 Å². The Morgan fingerprint density at radius 1 is 1.39 bits per heavy atom. The summed E-state index contributed by atoms with van der Waals surface area (Å²) in [6, 6.07) is 5.92. The van der Waals surface area contributed by atoms with Gasteiger partial charge >= 0.3 is 5.97 Å². The fraction of sp³-hybridized carbons (Fsp3) is 0.533. The Hall–Kier alpha value is -1.51. The number of rotatable bonds is 7. The van der Waals surface area contributed by atoms with Crippen LogP contribution in [-0.4, -0.2) is 17.7 Å². The van der Waals surface area contributed by atoms with E-state index in [9.17, 15) is 4.79 Å². The van der Waals surface area contributed by atoms with Crippen molar-refractivity contribution in [3.63, 3.8) is 0 Å². The molecule has 1 N–H and O–H groups in total. The van der Waals surface area contributed by atoms with Gasteiger partial charge in [-0.05, 0) is 49.4 Å². The van der Waals surface area contributed by atoms with Gasteiger partial charge in [-0.3, -0.25) is 4.79 Å². The van der Waals surface area contributed by atoms with Crippen LogP contribution in [0.4, 0.5) is 0 Å². The quantitative estimate of drug-likeness (QED) is 0.801. The molecule has 1 aromatic carbocycles. The highest BCUT2D eigenvalue weighted by molar-refractivity contribution is 5.68. The lowest BCUT2D eigenvalue weighted by molar-refractivity contribution is -0.137. The van der Waals surface area contributed by atoms with Gasteiger partial charge in [0.25, 0.3) is 0 Å². The lowest BCUT2D eigenvalue weighted by Crippen LogP contribution is -2.08. The Balaban J connectivity index is 2.93. The number of hydrogen-bond donors (Lipinski definition) is 1. The summed E-state index contributed by atoms with van der Waals surface area (Å²) in [5, 5.41) is 8.98. The van der Waals surface area contributed by atoms with Gasteiger partial charge in [-0.25, -0.2) is 0 Å². The number of hydrogen-bond acceptors (Lipinski definition) is 2. The highest BCUT2D eigenvalue weighted by Crippen LogP contribution is 2.30. The van der Waals surface area contributed by atoms with Crippen molar-refractivity contribution in [2.75, 3.05) is 6.61 Å². The van der Waals surface area contributed by atoms with E-state index < -0.39 is 5.97 Å². The largest absolute Gasteiger partial charge is 0.494 e. The molecule has 0 radical (unpaired) electrons. The van der Waals surface area contributed by atoms with E-state index in [-0.39, 0.29) is 12.3 Å². The van der Waals surface area contributed by atoms with E-state index in [0.29, 0.717) is 6.61 Å². The Morgan fingerprint density at radius 3 is 2.61 bits per heavy atom. The molecule has 0 spiro atoms. The molecule has 0 aliphatic heterocycles. The molecule has 1 rings (SSSR count). The molecule has 0 saturated heterocycles. The Bertz CT molecular complexity index is 399. The summed E-state index contributed by atoms with van der Waals surface area (Å²) in [5.74, 6) is 0.217. The first-order chi connectivity index (χ1) is 8.58. The van der Waals surface area contributed by atoms with Crippen molar-refractivity contribution in [3.8, 4) is 5.75 Å². The Morgan fingerprint density at radius 2 is 2.11 bits per heavy atom. The molecule has 1 aromatic rings. The molecule has 18 heavy (non-hydrogen) atoms. The molecule has 3 heteroatoms. The van der Waals surface area contributed by atoms with Crippen LogP contribution in [0.25, 0.3) is 0 Å². The SMILES string of the molecule is CCCC(CC(=O)O)c1ccc(OCC)cc1C. The molecule has 0 bridgehead atoms. The Labute approximate surface area is 109 Å². The van der Waals surface area contributed by atoms with Crippen LogP contribution >= 0.6 is 0 Å². The maximum Gasteiger partial charge on any atom is 0.303 e. The fourth-order valence-electron chi connectivity index (χ4n) is 2.29. The number of aliphatic carboxylic acids is 1. The molecule has 0 saturated carbocycles. The third kappa shape index (κ3) is 4.06. The first-order valence-corrected chi connectivity index (χ1v) is 6.53. The van der Waals surface area contributed by atoms with E-state index in [1.807, 2.05) is 32.0 Å². The van der Waals surface area contributed by atoms with Crippen molar-refractivity contribution in [2.45, 2.75) is 46.0 Å². The highest BCUT2D eigenvalue weighted by atomic mass is 16.5. The zero-order valence-corrected chi connectivity index (χ0v) is 11.4. The number of carboxylic acid groups (broad SMARTS) is 1. The van der Waals surface area contributed by atoms with Gasteiger partial charge in [-0.1, -0.05) is 19.4 Å². The van der Waals surface area contributed by atoms with Crippen LogP contribution in [0.15, 0.2) is 18.2 Å². The van der Waals surface area contributed by atoms with Gasteiger partial charge in [0, 0.05) is 0 Å². The molecular weight excluding hydrogens is 228 g/mol. The van der Waals surface area contributed by atoms with E-state index in [4.69, 9.17) is 9.84 Å². The smallest absolute Gasteiger partial charge is 0.303 e. The van der Waals surface area contributed by atoms with Gasteiger partial charge in [0.1, 0.15) is 5.75 Å². The second-order valence-electron chi connectivity index (χ2n) is 4.53. The molecule has 1 atom stereocenters. The van der Waals surface area contributed by atoms with E-state index in [0.717, 1.165) is 29.7 Å². The maximum atomic E-state index is 10.9. The van der Waals surface area contributed by atoms with Gasteiger partial charge < -0.3 is 9.84 Å². The number of aryl methyl sites for hydroxylation is 1. The normalized spacial score (nSPS) is 12.2. The second-order valence-corrected chi connectivity index (χ2v) is 4.53. The standard InChI is InChI=1S/C15H22O3/c1-4-6-12(10-15(16)17)14-8-7-13(18-5-2)9-11(14)3/h7-9,12H,4-6,10H2,1-3H3,(H,16,17). The minimum absolute atomic E-state index is 0.100. The molecule has 0 aliphatic carbocycles. The van der Waals surface area contributed by atoms with Crippen LogP contribution < -0.4 is 4.74 Å². The molecule has 100 valence electrons. The third-order valence-electron chi connectivity index (χ3n) is 3.05. The molecule has 0 aromatic heterocycles. The highest BCUT2D eigenvalue weighted by Gasteiger charge is 2.17. The van der Waals surface area contributed by atoms with Gasteiger partial charge in [-0.15, -0.1) is 0 Å². The lowest BCUT2D eigenvalue weighted by Gasteiger charge is -2.17. The topological polar surface area (TPSA) is 46.5 Å². The lowest BCUT2D eigenvalue weighted by atomic mass is 9.88. The molecule has 0 amide bonds. The monoisotopic (exact) mass is 250 g/mol. The van der Waals surface area contributed by atoms with Crippen LogP contribution in [0.1, 0.15) is 50.2 Å². The van der Waals surface area contributed by atoms with Crippen molar-refractivity contribution in [1.82, 2.24) is 0 Å². The number of carboxylic acids is 1. The molecule has 0 fully saturated rings. The molecule has 1 unspecified atom stereocenters. The fourth-order valence-corrected chi connectivity index (χ4v) is 2.29. The predicted molar refractivity (Wildman–Crippen MR) is 72.2 cm³/mol. The van der Waals surface area contributed by atoms with Crippen molar-refractivity contribution in [2.24, 2.45) is 0 Å². The van der Waals surface area contributed by atoms with Gasteiger partial charge in [0.05, 0.1) is 13.0 Å². The van der Waals surface area contributed by atoms with Crippen LogP contribution in [0.5, 0.6) is 5.75 Å². The zero-order chi connectivity index (χ0) is 13.5. The zero-order valence-electron chi connectivity index (χ0n) is 11.4. The van der Waals surface area contributed by atoms with Crippen molar-refractivity contribution < 1.29 is 14.6 Å². The van der Waals surface area contributed by atoms with E-state index in [2.05, 4.69) is 6.92 Å². The van der Waals surface area contributed by atoms with E-state index in [1.165, 1.54) is 0 Å². The summed E-state index contributed by atoms with van der Waals surface area (Å²) in [6.07, 6.45) is 2.09. The Kier molecular flexibility index (Phi) is 5.69. The van der Waals surface area contributed by atoms with Crippen molar-refractivity contribution in [1.29, 1.82) is 0 Å². The van der Waals surface area contributed by atoms with Crippen molar-refractivity contribution in [3.05, 3.63) is 29.3 Å². The summed E-state index contributed by atoms with van der Waals surface area (Å²) in [4.78, 5) is 10.9. The number of benzene rings is 1. The minimum Gasteiger partial charge on any atom is -0.494 e. The first kappa shape index (κ1) is 14.6. The molecular formula is C15H22O3. The maximum absolute atomic E-state index is 10.9. The number of ether oxygens (including phenoxy) is 1. The molecule has 0 heterocycles. The predicted octanol–water partition coefficient (Wildman–Crippen LogP) is 3.75. The summed E-state index contributed by atoms with van der Waals surface area (Å²) in [5.41, 5.74) is 2.24. The summed E-state index contributed by atoms with van der Waals surface area (Å²) in [6.45, 7) is 6.70. The van der Waals surface area contributed by atoms with E-state index in [1.54, 1.807) is 0 Å². The van der Waals surface area contributed by atoms with Crippen LogP contribution in [0, 0.1) is 6.92 Å². The average Bonchev–Trinajstić information content (AvgIpc) is 2.28. The third-order valence-corrected chi connectivity index (χ3v) is 3.05.